The summed E-state index contributed by atoms with van der Waals surface area (Å²) < 4.78 is 0. The summed E-state index contributed by atoms with van der Waals surface area (Å²) in [5.41, 5.74) is 2.97. The average Bonchev–Trinajstić information content (AvgIpc) is 3.28. The van der Waals surface area contributed by atoms with Crippen LogP contribution in [0.4, 0.5) is 0 Å². The van der Waals surface area contributed by atoms with Crippen molar-refractivity contribution in [1.82, 2.24) is 0 Å². The van der Waals surface area contributed by atoms with Crippen molar-refractivity contribution in [3.8, 4) is 0 Å². The summed E-state index contributed by atoms with van der Waals surface area (Å²) >= 11 is -0.826. The van der Waals surface area contributed by atoms with E-state index in [2.05, 4.69) is 118 Å². The molecule has 174 valence electrons. The number of fused-ring (bicyclic) bond motifs is 3. The Bertz CT molecular complexity index is 765. The fourth-order valence-corrected chi connectivity index (χ4v) is 5.19. The van der Waals surface area contributed by atoms with E-state index in [0.29, 0.717) is 0 Å². The van der Waals surface area contributed by atoms with Crippen LogP contribution >= 0.6 is 17.0 Å². The third kappa shape index (κ3) is 5.57. The topological polar surface area (TPSA) is 0 Å². The van der Waals surface area contributed by atoms with Crippen LogP contribution in [0.15, 0.2) is 47.6 Å². The average molecular weight is 559 g/mol. The van der Waals surface area contributed by atoms with E-state index in [1.54, 1.807) is 0 Å². The Morgan fingerprint density at radius 3 is 1.45 bits per heavy atom. The first-order valence-corrected chi connectivity index (χ1v) is 17.9. The molecule has 4 aliphatic carbocycles. The molecule has 0 amide bonds. The van der Waals surface area contributed by atoms with Crippen molar-refractivity contribution < 1.29 is 20.8 Å². The van der Waals surface area contributed by atoms with E-state index in [0.717, 1.165) is 0 Å². The Labute approximate surface area is 223 Å². The van der Waals surface area contributed by atoms with Crippen molar-refractivity contribution in [2.45, 2.75) is 62.3 Å². The summed E-state index contributed by atoms with van der Waals surface area (Å²) in [4.78, 5) is 0. The van der Waals surface area contributed by atoms with Gasteiger partial charge in [0.15, 0.2) is 0 Å². The molecule has 2 saturated carbocycles. The number of allylic oxidation sites excluding steroid dienone is 8. The predicted octanol–water partition coefficient (Wildman–Crippen LogP) is 9.16. The molecule has 0 aromatic carbocycles. The van der Waals surface area contributed by atoms with Gasteiger partial charge in [0, 0.05) is 29.6 Å². The molecule has 0 aliphatic heterocycles. The first kappa shape index (κ1) is 28.0. The van der Waals surface area contributed by atoms with E-state index in [4.69, 9.17) is 17.0 Å². The first-order chi connectivity index (χ1) is 15.2. The van der Waals surface area contributed by atoms with Gasteiger partial charge in [-0.15, -0.1) is 0 Å². The third-order valence-corrected chi connectivity index (χ3v) is 6.79. The van der Waals surface area contributed by atoms with Crippen LogP contribution in [-0.2, 0) is 20.8 Å². The van der Waals surface area contributed by atoms with Crippen molar-refractivity contribution in [3.05, 3.63) is 108 Å². The van der Waals surface area contributed by atoms with Crippen LogP contribution in [0.25, 0.3) is 0 Å². The van der Waals surface area contributed by atoms with Crippen molar-refractivity contribution in [2.75, 3.05) is 0 Å². The Hall–Kier alpha value is 0.423. The van der Waals surface area contributed by atoms with E-state index in [-0.39, 0.29) is 16.2 Å². The van der Waals surface area contributed by atoms with Crippen molar-refractivity contribution in [2.24, 2.45) is 16.2 Å². The standard InChI is InChI=1S/C30H36.2ClH.Zr/c1-19-16-17-20(18-19)30(8,9)27-25-21(12-10-14-23(25)28(2,3)4)22-13-11-15-24(26(22)27)29(5,6)7;;;/h10-18H,1-9H3;2*1H;/q;;;+2/p-2. The summed E-state index contributed by atoms with van der Waals surface area (Å²) in [6.07, 6.45) is 20.8. The van der Waals surface area contributed by atoms with Crippen LogP contribution in [0.3, 0.4) is 0 Å². The molecule has 0 spiro atoms. The number of rotatable bonds is 2. The summed E-state index contributed by atoms with van der Waals surface area (Å²) in [6, 6.07) is 0. The summed E-state index contributed by atoms with van der Waals surface area (Å²) in [5.74, 6) is 9.95. The van der Waals surface area contributed by atoms with Gasteiger partial charge < -0.3 is 0 Å². The molecule has 2 fully saturated rings. The van der Waals surface area contributed by atoms with Gasteiger partial charge in [-0.3, -0.25) is 0 Å². The molecule has 4 aliphatic rings. The molecule has 0 bridgehead atoms. The van der Waals surface area contributed by atoms with Crippen LogP contribution in [0.2, 0.25) is 0 Å². The van der Waals surface area contributed by atoms with Crippen molar-refractivity contribution >= 4 is 17.0 Å². The molecule has 0 atom stereocenters. The molecule has 4 rings (SSSR count). The van der Waals surface area contributed by atoms with Crippen LogP contribution in [0, 0.1) is 76.9 Å². The summed E-state index contributed by atoms with van der Waals surface area (Å²) in [5, 5.41) is 0. The second-order valence-electron chi connectivity index (χ2n) is 11.7. The van der Waals surface area contributed by atoms with Gasteiger partial charge in [0.05, 0.1) is 0 Å². The van der Waals surface area contributed by atoms with Crippen LogP contribution < -0.4 is 0 Å². The van der Waals surface area contributed by atoms with Gasteiger partial charge in [-0.25, -0.2) is 0 Å². The van der Waals surface area contributed by atoms with E-state index >= 15 is 0 Å². The second-order valence-corrected chi connectivity index (χ2v) is 15.4. The molecule has 0 unspecified atom stereocenters. The Morgan fingerprint density at radius 1 is 0.697 bits per heavy atom. The fraction of sp³-hybridized carbons (Fsp3) is 0.400. The van der Waals surface area contributed by atoms with Gasteiger partial charge in [-0.2, -0.15) is 0 Å². The van der Waals surface area contributed by atoms with Crippen LogP contribution in [0.1, 0.15) is 62.3 Å². The van der Waals surface area contributed by atoms with Crippen LogP contribution in [0.5, 0.6) is 0 Å². The van der Waals surface area contributed by atoms with E-state index in [1.165, 1.54) is 52.6 Å². The summed E-state index contributed by atoms with van der Waals surface area (Å²) in [7, 11) is 9.87. The monoisotopic (exact) mass is 556 g/mol. The van der Waals surface area contributed by atoms with E-state index in [9.17, 15) is 0 Å². The zero-order valence-corrected chi connectivity index (χ0v) is 25.4. The molecule has 0 N–H and O–H groups in total. The second kappa shape index (κ2) is 10.4. The van der Waals surface area contributed by atoms with Gasteiger partial charge >= 0.3 is 37.9 Å². The van der Waals surface area contributed by atoms with Gasteiger partial charge in [-0.05, 0) is 47.3 Å². The number of hydrogen-bond acceptors (Lipinski definition) is 0. The predicted molar refractivity (Wildman–Crippen MR) is 140 cm³/mol. The molecule has 0 saturated heterocycles. The van der Waals surface area contributed by atoms with Crippen molar-refractivity contribution in [3.63, 3.8) is 0 Å². The molecule has 0 aromatic heterocycles. The molecule has 0 heterocycles. The first-order valence-electron chi connectivity index (χ1n) is 11.6. The molecule has 0 aromatic rings. The van der Waals surface area contributed by atoms with Gasteiger partial charge in [0.2, 0.25) is 0 Å². The van der Waals surface area contributed by atoms with Crippen LogP contribution in [-0.4, -0.2) is 0 Å². The molecule has 0 nitrogen and oxygen atoms in total. The maximum atomic E-state index is 4.93. The number of halogens is 2. The molecule has 10 radical (unpaired) electrons. The maximum absolute atomic E-state index is 4.93. The minimum absolute atomic E-state index is 0.0819. The zero-order valence-electron chi connectivity index (χ0n) is 21.5. The molecule has 3 heteroatoms. The zero-order chi connectivity index (χ0) is 24.8. The third-order valence-electron chi connectivity index (χ3n) is 6.79. The van der Waals surface area contributed by atoms with Crippen molar-refractivity contribution in [1.29, 1.82) is 0 Å². The molecular formula is C30H36Cl2Zr. The van der Waals surface area contributed by atoms with Gasteiger partial charge in [0.1, 0.15) is 0 Å². The normalized spacial score (nSPS) is 24.3. The number of hydrogen-bond donors (Lipinski definition) is 0. The van der Waals surface area contributed by atoms with E-state index < -0.39 is 20.8 Å². The quantitative estimate of drug-likeness (QED) is 0.317. The molecular weight excluding hydrogens is 522 g/mol. The molecule has 33 heavy (non-hydrogen) atoms. The van der Waals surface area contributed by atoms with E-state index in [1.807, 2.05) is 0 Å². The Kier molecular flexibility index (Phi) is 8.84. The fourth-order valence-electron chi connectivity index (χ4n) is 5.19. The SMILES string of the molecule is C[C]1[CH][CH][C](C(C)(C)[C]2[C]3[C](C=CC=C3C(C)(C)C)[C]3C=CC=C(C(C)(C)C)[C]32)[CH]1.[Cl][Zr][Cl]. The summed E-state index contributed by atoms with van der Waals surface area (Å²) in [6.45, 7) is 21.1. The van der Waals surface area contributed by atoms with Gasteiger partial charge in [0.25, 0.3) is 0 Å². The minimum atomic E-state index is -0.826. The van der Waals surface area contributed by atoms with Gasteiger partial charge in [-0.1, -0.05) is 110 Å². The Balaban J connectivity index is 0.000000968. The Morgan fingerprint density at radius 2 is 1.12 bits per heavy atom.